The Balaban J connectivity index is 1.91. The molecular formula is C23H30. The van der Waals surface area contributed by atoms with E-state index in [4.69, 9.17) is 1.37 Å². The zero-order valence-electron chi connectivity index (χ0n) is 16.3. The largest absolute Gasteiger partial charge is 0.0599 e. The van der Waals surface area contributed by atoms with Crippen LogP contribution in [0.15, 0.2) is 36.4 Å². The van der Waals surface area contributed by atoms with Crippen LogP contribution in [0, 0.1) is 26.2 Å². The van der Waals surface area contributed by atoms with Gasteiger partial charge < -0.3 is 0 Å². The van der Waals surface area contributed by atoms with E-state index in [0.29, 0.717) is 5.41 Å². The SMILES string of the molecule is [2H]C1(c2ccc(-c3ccc(C)c(C)c3)c(C)c2)CCC(C)(C)CC1. The molecule has 0 unspecified atom stereocenters. The van der Waals surface area contributed by atoms with Gasteiger partial charge in [-0.25, -0.2) is 0 Å². The Kier molecular flexibility index (Phi) is 4.01. The minimum absolute atomic E-state index is 0.401. The normalized spacial score (nSPS) is 20.1. The van der Waals surface area contributed by atoms with E-state index in [0.717, 1.165) is 25.7 Å². The van der Waals surface area contributed by atoms with Crippen LogP contribution in [-0.2, 0) is 0 Å². The first kappa shape index (κ1) is 15.0. The maximum absolute atomic E-state index is 8.97. The molecule has 0 saturated heterocycles. The van der Waals surface area contributed by atoms with Crippen molar-refractivity contribution in [1.29, 1.82) is 0 Å². The lowest BCUT2D eigenvalue weighted by atomic mass is 9.71. The van der Waals surface area contributed by atoms with Crippen molar-refractivity contribution in [2.24, 2.45) is 5.41 Å². The standard InChI is InChI=1S/C23H30/c1-16-6-7-21(14-17(16)2)22-9-8-20(15-18(22)3)19-10-12-23(4,5)13-11-19/h6-9,14-15,19H,10-13H2,1-5H3/i19D. The molecule has 0 bridgehead atoms. The first-order valence-corrected chi connectivity index (χ1v) is 8.89. The first-order valence-electron chi connectivity index (χ1n) is 9.39. The molecule has 0 nitrogen and oxygen atoms in total. The lowest BCUT2D eigenvalue weighted by Crippen LogP contribution is -2.20. The van der Waals surface area contributed by atoms with E-state index in [1.807, 2.05) is 0 Å². The third kappa shape index (κ3) is 3.52. The Morgan fingerprint density at radius 1 is 0.870 bits per heavy atom. The Morgan fingerprint density at radius 2 is 1.57 bits per heavy atom. The van der Waals surface area contributed by atoms with Crippen LogP contribution in [-0.4, -0.2) is 0 Å². The van der Waals surface area contributed by atoms with Crippen LogP contribution in [0.4, 0.5) is 0 Å². The molecule has 0 atom stereocenters. The molecule has 0 aliphatic heterocycles. The van der Waals surface area contributed by atoms with Gasteiger partial charge in [0.2, 0.25) is 0 Å². The summed E-state index contributed by atoms with van der Waals surface area (Å²) in [5.74, 6) is -0.401. The predicted octanol–water partition coefficient (Wildman–Crippen LogP) is 6.96. The molecule has 2 aromatic carbocycles. The van der Waals surface area contributed by atoms with Crippen molar-refractivity contribution in [3.8, 4) is 11.1 Å². The number of benzene rings is 2. The molecule has 3 rings (SSSR count). The molecule has 1 aliphatic carbocycles. The van der Waals surface area contributed by atoms with Crippen molar-refractivity contribution in [2.75, 3.05) is 0 Å². The van der Waals surface area contributed by atoms with Crippen LogP contribution >= 0.6 is 0 Å². The summed E-state index contributed by atoms with van der Waals surface area (Å²) in [5.41, 5.74) is 8.13. The van der Waals surface area contributed by atoms with Gasteiger partial charge in [-0.05, 0) is 91.1 Å². The molecule has 2 aromatic rings. The van der Waals surface area contributed by atoms with Crippen LogP contribution < -0.4 is 0 Å². The van der Waals surface area contributed by atoms with Crippen molar-refractivity contribution in [3.05, 3.63) is 58.7 Å². The van der Waals surface area contributed by atoms with E-state index < -0.39 is 5.89 Å². The molecule has 122 valence electrons. The molecule has 1 aliphatic rings. The Bertz CT molecular complexity index is 745. The van der Waals surface area contributed by atoms with Gasteiger partial charge in [0, 0.05) is 1.37 Å². The monoisotopic (exact) mass is 307 g/mol. The topological polar surface area (TPSA) is 0 Å². The molecule has 0 aromatic heterocycles. The van der Waals surface area contributed by atoms with Crippen LogP contribution in [0.1, 0.15) is 69.0 Å². The second-order valence-corrected chi connectivity index (χ2v) is 8.10. The summed E-state index contributed by atoms with van der Waals surface area (Å²) in [4.78, 5) is 0. The second kappa shape index (κ2) is 6.15. The molecule has 0 amide bonds. The van der Waals surface area contributed by atoms with E-state index in [1.54, 1.807) is 0 Å². The summed E-state index contributed by atoms with van der Waals surface area (Å²) in [6.45, 7) is 11.2. The average molecular weight is 307 g/mol. The second-order valence-electron chi connectivity index (χ2n) is 8.10. The number of aryl methyl sites for hydroxylation is 3. The zero-order chi connectivity index (χ0) is 17.5. The third-order valence-corrected chi connectivity index (χ3v) is 5.66. The third-order valence-electron chi connectivity index (χ3n) is 5.66. The van der Waals surface area contributed by atoms with E-state index >= 15 is 0 Å². The predicted molar refractivity (Wildman–Crippen MR) is 101 cm³/mol. The number of hydrogen-bond donors (Lipinski definition) is 0. The molecule has 1 fully saturated rings. The molecule has 0 heterocycles. The summed E-state index contributed by atoms with van der Waals surface area (Å²) >= 11 is 0. The van der Waals surface area contributed by atoms with E-state index in [1.165, 1.54) is 33.4 Å². The van der Waals surface area contributed by atoms with Crippen molar-refractivity contribution >= 4 is 0 Å². The minimum Gasteiger partial charge on any atom is -0.0599 e. The fraction of sp³-hybridized carbons (Fsp3) is 0.478. The number of hydrogen-bond acceptors (Lipinski definition) is 0. The zero-order valence-corrected chi connectivity index (χ0v) is 15.3. The summed E-state index contributed by atoms with van der Waals surface area (Å²) in [6, 6.07) is 13.4. The van der Waals surface area contributed by atoms with Gasteiger partial charge in [-0.3, -0.25) is 0 Å². The summed E-state index contributed by atoms with van der Waals surface area (Å²) in [6.07, 6.45) is 4.24. The smallest absolute Gasteiger partial charge is 0.0352 e. The van der Waals surface area contributed by atoms with Gasteiger partial charge >= 0.3 is 0 Å². The highest BCUT2D eigenvalue weighted by Crippen LogP contribution is 2.43. The molecular weight excluding hydrogens is 276 g/mol. The van der Waals surface area contributed by atoms with E-state index in [-0.39, 0.29) is 0 Å². The van der Waals surface area contributed by atoms with E-state index in [2.05, 4.69) is 71.0 Å². The molecule has 1 saturated carbocycles. The Labute approximate surface area is 143 Å². The first-order chi connectivity index (χ1) is 11.2. The summed E-state index contributed by atoms with van der Waals surface area (Å²) in [5, 5.41) is 0. The number of rotatable bonds is 2. The Morgan fingerprint density at radius 3 is 2.17 bits per heavy atom. The van der Waals surface area contributed by atoms with Gasteiger partial charge in [0.15, 0.2) is 0 Å². The highest BCUT2D eigenvalue weighted by molar-refractivity contribution is 5.68. The highest BCUT2D eigenvalue weighted by Gasteiger charge is 2.27. The van der Waals surface area contributed by atoms with Gasteiger partial charge in [-0.1, -0.05) is 50.2 Å². The average Bonchev–Trinajstić information content (AvgIpc) is 2.53. The maximum atomic E-state index is 8.97. The van der Waals surface area contributed by atoms with Gasteiger partial charge in [0.25, 0.3) is 0 Å². The fourth-order valence-corrected chi connectivity index (χ4v) is 3.63. The van der Waals surface area contributed by atoms with Crippen LogP contribution in [0.3, 0.4) is 0 Å². The van der Waals surface area contributed by atoms with Crippen molar-refractivity contribution < 1.29 is 1.37 Å². The van der Waals surface area contributed by atoms with Crippen molar-refractivity contribution in [3.63, 3.8) is 0 Å². The van der Waals surface area contributed by atoms with Gasteiger partial charge in [-0.2, -0.15) is 0 Å². The summed E-state index contributed by atoms with van der Waals surface area (Å²) < 4.78 is 8.97. The summed E-state index contributed by atoms with van der Waals surface area (Å²) in [7, 11) is 0. The molecule has 0 radical (unpaired) electrons. The minimum atomic E-state index is -0.401. The molecule has 0 N–H and O–H groups in total. The van der Waals surface area contributed by atoms with Gasteiger partial charge in [-0.15, -0.1) is 0 Å². The molecule has 0 spiro atoms. The van der Waals surface area contributed by atoms with Gasteiger partial charge in [0.1, 0.15) is 0 Å². The van der Waals surface area contributed by atoms with Crippen LogP contribution in [0.25, 0.3) is 11.1 Å². The molecule has 23 heavy (non-hydrogen) atoms. The quantitative estimate of drug-likeness (QED) is 0.562. The van der Waals surface area contributed by atoms with Gasteiger partial charge in [0.05, 0.1) is 0 Å². The lowest BCUT2D eigenvalue weighted by molar-refractivity contribution is 0.224. The highest BCUT2D eigenvalue weighted by atomic mass is 14.3. The van der Waals surface area contributed by atoms with Crippen molar-refractivity contribution in [1.82, 2.24) is 0 Å². The van der Waals surface area contributed by atoms with Crippen LogP contribution in [0.2, 0.25) is 0 Å². The fourth-order valence-electron chi connectivity index (χ4n) is 3.63. The van der Waals surface area contributed by atoms with Crippen molar-refractivity contribution in [2.45, 2.75) is 66.2 Å². The maximum Gasteiger partial charge on any atom is 0.0352 e. The lowest BCUT2D eigenvalue weighted by Gasteiger charge is -2.34. The van der Waals surface area contributed by atoms with E-state index in [9.17, 15) is 0 Å². The molecule has 0 heteroatoms. The Hall–Kier alpha value is -1.56. The van der Waals surface area contributed by atoms with Crippen LogP contribution in [0.5, 0.6) is 0 Å².